The van der Waals surface area contributed by atoms with Crippen molar-refractivity contribution in [2.75, 3.05) is 56.9 Å². The van der Waals surface area contributed by atoms with Gasteiger partial charge in [-0.05, 0) is 52.2 Å². The molecular weight excluding hydrogens is 412 g/mol. The number of carbonyl (C=O) groups is 1. The number of hydrogen-bond donors (Lipinski definition) is 0. The molecule has 2 heterocycles. The zero-order valence-electron chi connectivity index (χ0n) is 18.4. The fourth-order valence-corrected chi connectivity index (χ4v) is 4.57. The van der Waals surface area contributed by atoms with Gasteiger partial charge in [0.25, 0.3) is 5.91 Å². The van der Waals surface area contributed by atoms with E-state index in [1.54, 1.807) is 4.90 Å². The van der Waals surface area contributed by atoms with E-state index in [1.807, 2.05) is 50.5 Å². The van der Waals surface area contributed by atoms with Gasteiger partial charge in [0.2, 0.25) is 6.79 Å². The minimum Gasteiger partial charge on any atom is -0.454 e. The number of aromatic nitrogens is 1. The van der Waals surface area contributed by atoms with Crippen LogP contribution in [-0.2, 0) is 0 Å². The number of carbonyl (C=O) groups excluding carboxylic acids is 1. The number of benzene rings is 2. The van der Waals surface area contributed by atoms with E-state index in [1.165, 1.54) is 11.3 Å². The summed E-state index contributed by atoms with van der Waals surface area (Å²) >= 11 is 1.49. The van der Waals surface area contributed by atoms with Crippen LogP contribution < -0.4 is 19.3 Å². The highest BCUT2D eigenvalue weighted by atomic mass is 32.1. The second kappa shape index (κ2) is 9.11. The summed E-state index contributed by atoms with van der Waals surface area (Å²) in [6, 6.07) is 11.7. The highest BCUT2D eigenvalue weighted by molar-refractivity contribution is 7.22. The normalized spacial score (nSPS) is 12.5. The Morgan fingerprint density at radius 1 is 1.03 bits per heavy atom. The van der Waals surface area contributed by atoms with Crippen LogP contribution in [0.15, 0.2) is 36.4 Å². The summed E-state index contributed by atoms with van der Waals surface area (Å²) in [5.41, 5.74) is 2.59. The van der Waals surface area contributed by atoms with E-state index >= 15 is 0 Å². The molecule has 164 valence electrons. The second-order valence-corrected chi connectivity index (χ2v) is 8.66. The molecule has 1 aromatic heterocycles. The maximum atomic E-state index is 13.5. The Morgan fingerprint density at radius 3 is 2.35 bits per heavy atom. The standard InChI is InChI=1S/C23H28N4O3S/c1-5-26(6-2)17-9-7-16(8-10-17)22(28)27(12-11-25(3)4)23-24-18-13-19-20(30-15-29-19)14-21(18)31-23/h7-10,13-14H,5-6,11-12,15H2,1-4H3. The van der Waals surface area contributed by atoms with Crippen LogP contribution in [0.1, 0.15) is 24.2 Å². The van der Waals surface area contributed by atoms with Crippen LogP contribution in [0, 0.1) is 0 Å². The summed E-state index contributed by atoms with van der Waals surface area (Å²) in [7, 11) is 4.00. The third-order valence-electron chi connectivity index (χ3n) is 5.36. The Bertz CT molecular complexity index is 1020. The number of fused-ring (bicyclic) bond motifs is 2. The van der Waals surface area contributed by atoms with Gasteiger partial charge in [0.05, 0.1) is 10.2 Å². The topological polar surface area (TPSA) is 58.1 Å². The van der Waals surface area contributed by atoms with E-state index in [0.717, 1.165) is 41.3 Å². The lowest BCUT2D eigenvalue weighted by Gasteiger charge is -2.23. The van der Waals surface area contributed by atoms with Crippen LogP contribution in [0.5, 0.6) is 11.5 Å². The highest BCUT2D eigenvalue weighted by Crippen LogP contribution is 2.40. The SMILES string of the molecule is CCN(CC)c1ccc(C(=O)N(CCN(C)C)c2nc3cc4c(cc3s2)OCO4)cc1. The average molecular weight is 441 g/mol. The average Bonchev–Trinajstić information content (AvgIpc) is 3.39. The van der Waals surface area contributed by atoms with Gasteiger partial charge in [-0.25, -0.2) is 4.98 Å². The van der Waals surface area contributed by atoms with Crippen molar-refractivity contribution in [3.63, 3.8) is 0 Å². The third kappa shape index (κ3) is 4.45. The predicted octanol–water partition coefficient (Wildman–Crippen LogP) is 4.08. The number of rotatable bonds is 8. The minimum absolute atomic E-state index is 0.0490. The molecule has 0 fully saturated rings. The molecule has 0 radical (unpaired) electrons. The first-order valence-electron chi connectivity index (χ1n) is 10.5. The van der Waals surface area contributed by atoms with Crippen molar-refractivity contribution in [2.45, 2.75) is 13.8 Å². The summed E-state index contributed by atoms with van der Waals surface area (Å²) < 4.78 is 11.9. The molecule has 0 unspecified atom stereocenters. The van der Waals surface area contributed by atoms with Crippen LogP contribution in [0.3, 0.4) is 0 Å². The van der Waals surface area contributed by atoms with Gasteiger partial charge >= 0.3 is 0 Å². The molecular formula is C23H28N4O3S. The van der Waals surface area contributed by atoms with E-state index in [-0.39, 0.29) is 12.7 Å². The Kier molecular flexibility index (Phi) is 6.29. The Hall–Kier alpha value is -2.84. The number of thiazole rings is 1. The second-order valence-electron chi connectivity index (χ2n) is 7.65. The van der Waals surface area contributed by atoms with E-state index < -0.39 is 0 Å². The number of anilines is 2. The van der Waals surface area contributed by atoms with Crippen molar-refractivity contribution >= 4 is 38.3 Å². The van der Waals surface area contributed by atoms with Crippen molar-refractivity contribution in [2.24, 2.45) is 0 Å². The fourth-order valence-electron chi connectivity index (χ4n) is 3.56. The van der Waals surface area contributed by atoms with Crippen LogP contribution in [0.2, 0.25) is 0 Å². The largest absolute Gasteiger partial charge is 0.454 e. The quantitative estimate of drug-likeness (QED) is 0.526. The van der Waals surface area contributed by atoms with E-state index in [4.69, 9.17) is 14.5 Å². The number of amides is 1. The molecule has 31 heavy (non-hydrogen) atoms. The molecule has 0 N–H and O–H groups in total. The van der Waals surface area contributed by atoms with E-state index in [2.05, 4.69) is 23.6 Å². The van der Waals surface area contributed by atoms with Gasteiger partial charge in [-0.15, -0.1) is 0 Å². The third-order valence-corrected chi connectivity index (χ3v) is 6.40. The molecule has 1 aliphatic heterocycles. The van der Waals surface area contributed by atoms with Crippen molar-refractivity contribution in [1.82, 2.24) is 9.88 Å². The van der Waals surface area contributed by atoms with Gasteiger partial charge in [-0.3, -0.25) is 9.69 Å². The summed E-state index contributed by atoms with van der Waals surface area (Å²) in [4.78, 5) is 24.3. The van der Waals surface area contributed by atoms with Gasteiger partial charge in [0, 0.05) is 49.6 Å². The van der Waals surface area contributed by atoms with Crippen LogP contribution >= 0.6 is 11.3 Å². The summed E-state index contributed by atoms with van der Waals surface area (Å²) in [6.07, 6.45) is 0. The molecule has 0 aliphatic carbocycles. The lowest BCUT2D eigenvalue weighted by atomic mass is 10.1. The molecule has 3 aromatic rings. The first-order valence-corrected chi connectivity index (χ1v) is 11.3. The molecule has 2 aromatic carbocycles. The van der Waals surface area contributed by atoms with Gasteiger partial charge in [-0.1, -0.05) is 11.3 Å². The van der Waals surface area contributed by atoms with E-state index in [0.29, 0.717) is 23.0 Å². The molecule has 7 nitrogen and oxygen atoms in total. The molecule has 1 amide bonds. The lowest BCUT2D eigenvalue weighted by Crippen LogP contribution is -2.36. The van der Waals surface area contributed by atoms with Crippen molar-refractivity contribution < 1.29 is 14.3 Å². The Balaban J connectivity index is 1.64. The Labute approximate surface area is 186 Å². The molecule has 8 heteroatoms. The summed E-state index contributed by atoms with van der Waals surface area (Å²) in [5.74, 6) is 1.37. The molecule has 4 rings (SSSR count). The number of hydrogen-bond acceptors (Lipinski definition) is 7. The summed E-state index contributed by atoms with van der Waals surface area (Å²) in [5, 5.41) is 0.679. The molecule has 0 spiro atoms. The summed E-state index contributed by atoms with van der Waals surface area (Å²) in [6.45, 7) is 7.65. The smallest absolute Gasteiger partial charge is 0.260 e. The maximum absolute atomic E-state index is 13.5. The van der Waals surface area contributed by atoms with E-state index in [9.17, 15) is 4.79 Å². The van der Waals surface area contributed by atoms with Gasteiger partial charge < -0.3 is 19.3 Å². The van der Waals surface area contributed by atoms with Crippen LogP contribution in [0.4, 0.5) is 10.8 Å². The molecule has 0 atom stereocenters. The van der Waals surface area contributed by atoms with Gasteiger partial charge in [-0.2, -0.15) is 0 Å². The minimum atomic E-state index is -0.0490. The molecule has 1 aliphatic rings. The zero-order valence-corrected chi connectivity index (χ0v) is 19.2. The number of nitrogens with zero attached hydrogens (tertiary/aromatic N) is 4. The van der Waals surface area contributed by atoms with Crippen LogP contribution in [-0.4, -0.2) is 62.9 Å². The van der Waals surface area contributed by atoms with Crippen molar-refractivity contribution in [3.05, 3.63) is 42.0 Å². The Morgan fingerprint density at radius 2 is 1.71 bits per heavy atom. The maximum Gasteiger partial charge on any atom is 0.260 e. The lowest BCUT2D eigenvalue weighted by molar-refractivity contribution is 0.0985. The highest BCUT2D eigenvalue weighted by Gasteiger charge is 2.23. The van der Waals surface area contributed by atoms with Gasteiger partial charge in [0.15, 0.2) is 16.6 Å². The number of likely N-dealkylation sites (N-methyl/N-ethyl adjacent to an activating group) is 1. The van der Waals surface area contributed by atoms with Crippen molar-refractivity contribution in [1.29, 1.82) is 0 Å². The molecule has 0 bridgehead atoms. The van der Waals surface area contributed by atoms with Crippen molar-refractivity contribution in [3.8, 4) is 11.5 Å². The first kappa shape index (κ1) is 21.4. The number of ether oxygens (including phenoxy) is 2. The monoisotopic (exact) mass is 440 g/mol. The fraction of sp³-hybridized carbons (Fsp3) is 0.391. The van der Waals surface area contributed by atoms with Crippen LogP contribution in [0.25, 0.3) is 10.2 Å². The zero-order chi connectivity index (χ0) is 22.0. The first-order chi connectivity index (χ1) is 15.0. The molecule has 0 saturated heterocycles. The molecule has 0 saturated carbocycles. The van der Waals surface area contributed by atoms with Gasteiger partial charge in [0.1, 0.15) is 0 Å². The predicted molar refractivity (Wildman–Crippen MR) is 126 cm³/mol.